The first-order chi connectivity index (χ1) is 9.04. The minimum absolute atomic E-state index is 0.0142. The molecule has 0 aromatic carbocycles. The van der Waals surface area contributed by atoms with E-state index in [-0.39, 0.29) is 18.0 Å². The molecule has 8 heteroatoms. The summed E-state index contributed by atoms with van der Waals surface area (Å²) in [5, 5.41) is 17.6. The fraction of sp³-hybridized carbons (Fsp3) is 0.636. The number of hydrogen-bond donors (Lipinski definition) is 3. The van der Waals surface area contributed by atoms with Crippen molar-refractivity contribution in [3.8, 4) is 0 Å². The molecule has 0 unspecified atom stereocenters. The second kappa shape index (κ2) is 5.68. The van der Waals surface area contributed by atoms with Gasteiger partial charge in [-0.2, -0.15) is 4.98 Å². The summed E-state index contributed by atoms with van der Waals surface area (Å²) < 4.78 is 4.76. The first kappa shape index (κ1) is 13.3. The van der Waals surface area contributed by atoms with Crippen LogP contribution in [0.5, 0.6) is 0 Å². The van der Waals surface area contributed by atoms with Crippen LogP contribution in [0.15, 0.2) is 4.52 Å². The quantitative estimate of drug-likeness (QED) is 0.756. The Balaban J connectivity index is 1.76. The van der Waals surface area contributed by atoms with Crippen molar-refractivity contribution < 1.29 is 19.2 Å². The minimum Gasteiger partial charge on any atom is -0.481 e. The average Bonchev–Trinajstić information content (AvgIpc) is 2.75. The van der Waals surface area contributed by atoms with Gasteiger partial charge in [0.15, 0.2) is 5.82 Å². The maximum absolute atomic E-state index is 11.6. The van der Waals surface area contributed by atoms with Gasteiger partial charge in [0.2, 0.25) is 0 Å². The Kier molecular flexibility index (Phi) is 3.98. The number of rotatable bonds is 3. The summed E-state index contributed by atoms with van der Waals surface area (Å²) in [7, 11) is 0. The van der Waals surface area contributed by atoms with Crippen LogP contribution < -0.4 is 10.6 Å². The van der Waals surface area contributed by atoms with Gasteiger partial charge in [0.05, 0.1) is 5.92 Å². The van der Waals surface area contributed by atoms with Crippen molar-refractivity contribution in [1.29, 1.82) is 0 Å². The molecule has 104 valence electrons. The summed E-state index contributed by atoms with van der Waals surface area (Å²) in [6.45, 7) is 1.65. The molecule has 0 spiro atoms. The van der Waals surface area contributed by atoms with E-state index in [0.29, 0.717) is 31.5 Å². The predicted molar refractivity (Wildman–Crippen MR) is 64.6 cm³/mol. The van der Waals surface area contributed by atoms with E-state index in [1.165, 1.54) is 0 Å². The van der Waals surface area contributed by atoms with Crippen molar-refractivity contribution in [2.24, 2.45) is 5.92 Å². The van der Waals surface area contributed by atoms with Crippen LogP contribution in [0.2, 0.25) is 0 Å². The van der Waals surface area contributed by atoms with Gasteiger partial charge in [-0.1, -0.05) is 5.16 Å². The highest BCUT2D eigenvalue weighted by atomic mass is 16.5. The molecule has 0 saturated heterocycles. The number of carboxylic acids is 1. The predicted octanol–water partition coefficient (Wildman–Crippen LogP) is 1.14. The summed E-state index contributed by atoms with van der Waals surface area (Å²) in [6.07, 6.45) is 2.49. The number of nitrogens with zero attached hydrogens (tertiary/aromatic N) is 2. The van der Waals surface area contributed by atoms with Gasteiger partial charge in [0.1, 0.15) is 0 Å². The summed E-state index contributed by atoms with van der Waals surface area (Å²) in [5.74, 6) is -0.610. The highest BCUT2D eigenvalue weighted by molar-refractivity contribution is 5.87. The SMILES string of the molecule is Cc1noc(NC(=O)NC2CCC(C(=O)O)CC2)n1. The molecule has 1 aliphatic carbocycles. The molecule has 1 aromatic rings. The number of carboxylic acid groups (broad SMARTS) is 1. The fourth-order valence-electron chi connectivity index (χ4n) is 2.15. The zero-order chi connectivity index (χ0) is 13.8. The van der Waals surface area contributed by atoms with Gasteiger partial charge < -0.3 is 14.9 Å². The van der Waals surface area contributed by atoms with Crippen molar-refractivity contribution in [2.75, 3.05) is 5.32 Å². The number of carbonyl (C=O) groups excluding carboxylic acids is 1. The molecule has 1 saturated carbocycles. The Bertz CT molecular complexity index is 465. The van der Waals surface area contributed by atoms with Gasteiger partial charge in [-0.15, -0.1) is 0 Å². The third-order valence-electron chi connectivity index (χ3n) is 3.16. The number of hydrogen-bond acceptors (Lipinski definition) is 5. The molecule has 0 bridgehead atoms. The van der Waals surface area contributed by atoms with Gasteiger partial charge in [-0.05, 0) is 32.6 Å². The van der Waals surface area contributed by atoms with Crippen LogP contribution in [0, 0.1) is 12.8 Å². The smallest absolute Gasteiger partial charge is 0.329 e. The third-order valence-corrected chi connectivity index (χ3v) is 3.16. The van der Waals surface area contributed by atoms with Crippen LogP contribution in [0.1, 0.15) is 31.5 Å². The molecule has 2 amide bonds. The van der Waals surface area contributed by atoms with Crippen molar-refractivity contribution in [3.63, 3.8) is 0 Å². The molecule has 3 N–H and O–H groups in total. The molecule has 0 radical (unpaired) electrons. The number of aryl methyl sites for hydroxylation is 1. The molecule has 1 aromatic heterocycles. The summed E-state index contributed by atoms with van der Waals surface area (Å²) in [6, 6.07) is -0.378. The average molecular weight is 268 g/mol. The Labute approximate surface area is 109 Å². The van der Waals surface area contributed by atoms with E-state index in [1.807, 2.05) is 0 Å². The molecule has 8 nitrogen and oxygen atoms in total. The summed E-state index contributed by atoms with van der Waals surface area (Å²) >= 11 is 0. The van der Waals surface area contributed by atoms with Crippen LogP contribution in [0.3, 0.4) is 0 Å². The standard InChI is InChI=1S/C11H16N4O4/c1-6-12-11(19-15-6)14-10(18)13-8-4-2-7(3-5-8)9(16)17/h7-8H,2-5H2,1H3,(H,16,17)(H2,12,13,14,15,18). The van der Waals surface area contributed by atoms with Gasteiger partial charge in [0.25, 0.3) is 0 Å². The molecular formula is C11H16N4O4. The molecule has 0 atom stereocenters. The van der Waals surface area contributed by atoms with Crippen molar-refractivity contribution in [2.45, 2.75) is 38.6 Å². The van der Waals surface area contributed by atoms with Gasteiger partial charge in [-0.3, -0.25) is 10.1 Å². The van der Waals surface area contributed by atoms with E-state index >= 15 is 0 Å². The molecule has 2 rings (SSSR count). The van der Waals surface area contributed by atoms with Crippen LogP contribution >= 0.6 is 0 Å². The zero-order valence-corrected chi connectivity index (χ0v) is 10.5. The lowest BCUT2D eigenvalue weighted by Gasteiger charge is -2.26. The first-order valence-electron chi connectivity index (χ1n) is 6.15. The number of amides is 2. The summed E-state index contributed by atoms with van der Waals surface area (Å²) in [5.41, 5.74) is 0. The number of anilines is 1. The third kappa shape index (κ3) is 3.67. The van der Waals surface area contributed by atoms with Crippen LogP contribution in [-0.2, 0) is 4.79 Å². The lowest BCUT2D eigenvalue weighted by atomic mass is 9.86. The maximum atomic E-state index is 11.6. The van der Waals surface area contributed by atoms with E-state index in [0.717, 1.165) is 0 Å². The number of aliphatic carboxylic acids is 1. The molecule has 1 aliphatic rings. The number of aromatic nitrogens is 2. The molecular weight excluding hydrogens is 252 g/mol. The Hall–Kier alpha value is -2.12. The van der Waals surface area contributed by atoms with Crippen molar-refractivity contribution in [1.82, 2.24) is 15.5 Å². The van der Waals surface area contributed by atoms with Gasteiger partial charge >= 0.3 is 18.0 Å². The van der Waals surface area contributed by atoms with Crippen LogP contribution in [0.25, 0.3) is 0 Å². The van der Waals surface area contributed by atoms with E-state index in [1.54, 1.807) is 6.92 Å². The number of urea groups is 1. The lowest BCUT2D eigenvalue weighted by Crippen LogP contribution is -2.41. The normalized spacial score (nSPS) is 22.8. The topological polar surface area (TPSA) is 117 Å². The second-order valence-electron chi connectivity index (χ2n) is 4.63. The maximum Gasteiger partial charge on any atom is 0.329 e. The zero-order valence-electron chi connectivity index (χ0n) is 10.5. The number of carbonyl (C=O) groups is 2. The monoisotopic (exact) mass is 268 g/mol. The van der Waals surface area contributed by atoms with E-state index < -0.39 is 12.0 Å². The Morgan fingerprint density at radius 2 is 2.00 bits per heavy atom. The largest absolute Gasteiger partial charge is 0.481 e. The van der Waals surface area contributed by atoms with Crippen LogP contribution in [-0.4, -0.2) is 33.3 Å². The summed E-state index contributed by atoms with van der Waals surface area (Å²) in [4.78, 5) is 26.3. The fourth-order valence-corrected chi connectivity index (χ4v) is 2.15. The first-order valence-corrected chi connectivity index (χ1v) is 6.15. The number of nitrogens with one attached hydrogen (secondary N) is 2. The highest BCUT2D eigenvalue weighted by Crippen LogP contribution is 2.24. The van der Waals surface area contributed by atoms with Crippen molar-refractivity contribution in [3.05, 3.63) is 5.82 Å². The minimum atomic E-state index is -0.760. The van der Waals surface area contributed by atoms with Gasteiger partial charge in [0, 0.05) is 6.04 Å². The van der Waals surface area contributed by atoms with E-state index in [2.05, 4.69) is 20.8 Å². The van der Waals surface area contributed by atoms with E-state index in [4.69, 9.17) is 9.63 Å². The van der Waals surface area contributed by atoms with Crippen molar-refractivity contribution >= 4 is 18.0 Å². The lowest BCUT2D eigenvalue weighted by molar-refractivity contribution is -0.142. The highest BCUT2D eigenvalue weighted by Gasteiger charge is 2.26. The second-order valence-corrected chi connectivity index (χ2v) is 4.63. The van der Waals surface area contributed by atoms with Crippen LogP contribution in [0.4, 0.5) is 10.8 Å². The Morgan fingerprint density at radius 3 is 2.53 bits per heavy atom. The molecule has 1 heterocycles. The molecule has 19 heavy (non-hydrogen) atoms. The van der Waals surface area contributed by atoms with E-state index in [9.17, 15) is 9.59 Å². The molecule has 0 aliphatic heterocycles. The van der Waals surface area contributed by atoms with Gasteiger partial charge in [-0.25, -0.2) is 4.79 Å². The molecule has 1 fully saturated rings. The Morgan fingerprint density at radius 1 is 1.32 bits per heavy atom.